The third kappa shape index (κ3) is 6.44. The van der Waals surface area contributed by atoms with Gasteiger partial charge in [-0.05, 0) is 66.7 Å². The molecule has 0 aliphatic carbocycles. The van der Waals surface area contributed by atoms with E-state index in [4.69, 9.17) is 0 Å². The van der Waals surface area contributed by atoms with Crippen LogP contribution < -0.4 is 16.0 Å². The van der Waals surface area contributed by atoms with Gasteiger partial charge in [0.25, 0.3) is 0 Å². The van der Waals surface area contributed by atoms with E-state index in [2.05, 4.69) is 116 Å². The zero-order valence-electron chi connectivity index (χ0n) is 19.9. The number of hydrogen-bond acceptors (Lipinski definition) is 3. The van der Waals surface area contributed by atoms with Gasteiger partial charge >= 0.3 is 0 Å². The summed E-state index contributed by atoms with van der Waals surface area (Å²) in [5, 5.41) is 11.3. The van der Waals surface area contributed by atoms with E-state index in [0.29, 0.717) is 0 Å². The van der Waals surface area contributed by atoms with Crippen molar-refractivity contribution in [1.29, 1.82) is 0 Å². The molecule has 3 heteroatoms. The lowest BCUT2D eigenvalue weighted by atomic mass is 9.91. The summed E-state index contributed by atoms with van der Waals surface area (Å²) < 4.78 is 0. The lowest BCUT2D eigenvalue weighted by Crippen LogP contribution is -2.26. The Kier molecular flexibility index (Phi) is 9.80. The first-order chi connectivity index (χ1) is 15.8. The molecule has 0 aliphatic rings. The molecular formula is C29H39N3. The molecule has 2 unspecified atom stereocenters. The zero-order valence-corrected chi connectivity index (χ0v) is 19.9. The van der Waals surface area contributed by atoms with Crippen molar-refractivity contribution in [2.75, 3.05) is 25.0 Å². The minimum atomic E-state index is 0.151. The van der Waals surface area contributed by atoms with Gasteiger partial charge in [0.15, 0.2) is 0 Å². The molecule has 0 aliphatic heterocycles. The number of anilines is 1. The van der Waals surface area contributed by atoms with Crippen LogP contribution in [-0.4, -0.2) is 19.6 Å². The highest BCUT2D eigenvalue weighted by atomic mass is 14.9. The summed E-state index contributed by atoms with van der Waals surface area (Å²) >= 11 is 0. The van der Waals surface area contributed by atoms with E-state index in [9.17, 15) is 0 Å². The Balaban J connectivity index is 2.07. The first kappa shape index (κ1) is 24.0. The van der Waals surface area contributed by atoms with Crippen LogP contribution in [0.15, 0.2) is 78.9 Å². The van der Waals surface area contributed by atoms with Crippen LogP contribution in [-0.2, 0) is 0 Å². The predicted molar refractivity (Wildman–Crippen MR) is 138 cm³/mol. The van der Waals surface area contributed by atoms with Crippen molar-refractivity contribution in [3.05, 3.63) is 101 Å². The highest BCUT2D eigenvalue weighted by molar-refractivity contribution is 5.57. The van der Waals surface area contributed by atoms with Gasteiger partial charge in [0.2, 0.25) is 0 Å². The zero-order chi connectivity index (χ0) is 22.6. The van der Waals surface area contributed by atoms with E-state index in [1.807, 2.05) is 0 Å². The molecule has 3 nitrogen and oxygen atoms in total. The van der Waals surface area contributed by atoms with Crippen LogP contribution in [0.5, 0.6) is 0 Å². The van der Waals surface area contributed by atoms with Gasteiger partial charge in [-0.15, -0.1) is 0 Å². The second-order valence-electron chi connectivity index (χ2n) is 8.37. The maximum absolute atomic E-state index is 3.81. The van der Waals surface area contributed by atoms with Gasteiger partial charge in [-0.1, -0.05) is 87.5 Å². The van der Waals surface area contributed by atoms with Crippen LogP contribution in [0.4, 0.5) is 5.69 Å². The van der Waals surface area contributed by atoms with E-state index in [1.54, 1.807) is 0 Å². The number of benzene rings is 3. The quantitative estimate of drug-likeness (QED) is 0.283. The Morgan fingerprint density at radius 2 is 1.09 bits per heavy atom. The Morgan fingerprint density at radius 1 is 0.562 bits per heavy atom. The van der Waals surface area contributed by atoms with Crippen molar-refractivity contribution >= 4 is 5.69 Å². The van der Waals surface area contributed by atoms with Gasteiger partial charge < -0.3 is 16.0 Å². The summed E-state index contributed by atoms with van der Waals surface area (Å²) in [5.74, 6) is 0. The molecule has 0 amide bonds. The predicted octanol–water partition coefficient (Wildman–Crippen LogP) is 6.69. The third-order valence-electron chi connectivity index (χ3n) is 5.75. The lowest BCUT2D eigenvalue weighted by molar-refractivity contribution is 0.587. The summed E-state index contributed by atoms with van der Waals surface area (Å²) in [6.45, 7) is 9.59. The second-order valence-corrected chi connectivity index (χ2v) is 8.37. The first-order valence-electron chi connectivity index (χ1n) is 12.2. The summed E-state index contributed by atoms with van der Waals surface area (Å²) in [6.07, 6.45) is 3.31. The molecular weight excluding hydrogens is 390 g/mol. The molecule has 0 fully saturated rings. The SMILES string of the molecule is CCCNc1ccc(C(NCCC)c2ccccc2)cc1C(NCCC)c1ccccc1. The minimum Gasteiger partial charge on any atom is -0.385 e. The van der Waals surface area contributed by atoms with Crippen molar-refractivity contribution in [2.45, 2.75) is 52.1 Å². The Hall–Kier alpha value is -2.62. The van der Waals surface area contributed by atoms with Crippen molar-refractivity contribution in [3.63, 3.8) is 0 Å². The first-order valence-corrected chi connectivity index (χ1v) is 12.2. The molecule has 0 heterocycles. The Morgan fingerprint density at radius 3 is 1.66 bits per heavy atom. The van der Waals surface area contributed by atoms with Gasteiger partial charge in [-0.3, -0.25) is 0 Å². The third-order valence-corrected chi connectivity index (χ3v) is 5.75. The van der Waals surface area contributed by atoms with Crippen molar-refractivity contribution in [3.8, 4) is 0 Å². The van der Waals surface area contributed by atoms with Crippen LogP contribution in [0.25, 0.3) is 0 Å². The van der Waals surface area contributed by atoms with E-state index in [-0.39, 0.29) is 12.1 Å². The van der Waals surface area contributed by atoms with Gasteiger partial charge in [0, 0.05) is 12.2 Å². The van der Waals surface area contributed by atoms with E-state index in [0.717, 1.165) is 38.9 Å². The van der Waals surface area contributed by atoms with Crippen molar-refractivity contribution in [1.82, 2.24) is 10.6 Å². The molecule has 0 radical (unpaired) electrons. The number of nitrogens with one attached hydrogen (secondary N) is 3. The molecule has 0 spiro atoms. The number of hydrogen-bond donors (Lipinski definition) is 3. The molecule has 3 aromatic carbocycles. The molecule has 0 saturated carbocycles. The largest absolute Gasteiger partial charge is 0.385 e. The molecule has 3 rings (SSSR count). The monoisotopic (exact) mass is 429 g/mol. The fourth-order valence-corrected chi connectivity index (χ4v) is 4.12. The van der Waals surface area contributed by atoms with Crippen LogP contribution in [0, 0.1) is 0 Å². The number of rotatable bonds is 13. The normalized spacial score (nSPS) is 13.0. The Bertz CT molecular complexity index is 908. The van der Waals surface area contributed by atoms with Gasteiger partial charge in [0.05, 0.1) is 12.1 Å². The highest BCUT2D eigenvalue weighted by Crippen LogP contribution is 2.33. The molecule has 32 heavy (non-hydrogen) atoms. The summed E-state index contributed by atoms with van der Waals surface area (Å²) in [7, 11) is 0. The molecule has 0 saturated heterocycles. The van der Waals surface area contributed by atoms with E-state index < -0.39 is 0 Å². The Labute approximate surface area is 194 Å². The average Bonchev–Trinajstić information content (AvgIpc) is 2.85. The highest BCUT2D eigenvalue weighted by Gasteiger charge is 2.21. The van der Waals surface area contributed by atoms with Gasteiger partial charge in [-0.2, -0.15) is 0 Å². The smallest absolute Gasteiger partial charge is 0.0597 e. The summed E-state index contributed by atoms with van der Waals surface area (Å²) in [4.78, 5) is 0. The molecule has 170 valence electrons. The van der Waals surface area contributed by atoms with Crippen molar-refractivity contribution in [2.24, 2.45) is 0 Å². The molecule has 3 N–H and O–H groups in total. The van der Waals surface area contributed by atoms with Gasteiger partial charge in [0.1, 0.15) is 0 Å². The fourth-order valence-electron chi connectivity index (χ4n) is 4.12. The summed E-state index contributed by atoms with van der Waals surface area (Å²) in [6, 6.07) is 28.9. The van der Waals surface area contributed by atoms with Gasteiger partial charge in [-0.25, -0.2) is 0 Å². The summed E-state index contributed by atoms with van der Waals surface area (Å²) in [5.41, 5.74) is 6.44. The van der Waals surface area contributed by atoms with E-state index >= 15 is 0 Å². The maximum atomic E-state index is 3.81. The van der Waals surface area contributed by atoms with E-state index in [1.165, 1.54) is 27.9 Å². The average molecular weight is 430 g/mol. The standard InChI is InChI=1S/C29H39N3/c1-4-19-30-27-18-17-25(28(31-20-5-2)23-13-9-7-10-14-23)22-26(27)29(32-21-6-3)24-15-11-8-12-16-24/h7-18,22,28-32H,4-6,19-21H2,1-3H3. The lowest BCUT2D eigenvalue weighted by Gasteiger charge is -2.26. The van der Waals surface area contributed by atoms with Crippen molar-refractivity contribution < 1.29 is 0 Å². The molecule has 0 bridgehead atoms. The van der Waals surface area contributed by atoms with Crippen LogP contribution in [0.2, 0.25) is 0 Å². The molecule has 3 aromatic rings. The molecule has 0 aromatic heterocycles. The second kappa shape index (κ2) is 13.0. The maximum Gasteiger partial charge on any atom is 0.0597 e. The van der Waals surface area contributed by atoms with Crippen LogP contribution in [0.3, 0.4) is 0 Å². The topological polar surface area (TPSA) is 36.1 Å². The fraction of sp³-hybridized carbons (Fsp3) is 0.379. The van der Waals surface area contributed by atoms with Crippen LogP contribution in [0.1, 0.15) is 74.4 Å². The minimum absolute atomic E-state index is 0.151. The van der Waals surface area contributed by atoms with Crippen LogP contribution >= 0.6 is 0 Å². The molecule has 2 atom stereocenters.